The summed E-state index contributed by atoms with van der Waals surface area (Å²) in [5.74, 6) is 0. The molecule has 0 N–H and O–H groups in total. The van der Waals surface area contributed by atoms with Crippen LogP contribution in [0.15, 0.2) is 46.9 Å². The molecule has 1 atom stereocenters. The summed E-state index contributed by atoms with van der Waals surface area (Å²) in [4.78, 5) is 0.251. The van der Waals surface area contributed by atoms with Gasteiger partial charge in [0.15, 0.2) is 0 Å². The molecule has 0 fully saturated rings. The summed E-state index contributed by atoms with van der Waals surface area (Å²) in [6, 6.07) is 14.3. The van der Waals surface area contributed by atoms with Crippen LogP contribution >= 0.6 is 66.1 Å². The fraction of sp³-hybridized carbons (Fsp3) is 0.143. The van der Waals surface area contributed by atoms with Gasteiger partial charge in [-0.1, -0.05) is 61.7 Å². The molecule has 0 saturated heterocycles. The number of halogens is 4. The van der Waals surface area contributed by atoms with Gasteiger partial charge >= 0.3 is 0 Å². The van der Waals surface area contributed by atoms with Crippen LogP contribution in [0.2, 0.25) is 5.02 Å². The maximum atomic E-state index is 6.19. The Morgan fingerprint density at radius 2 is 1.89 bits per heavy atom. The van der Waals surface area contributed by atoms with E-state index in [1.807, 2.05) is 18.2 Å². The van der Waals surface area contributed by atoms with Crippen molar-refractivity contribution in [1.29, 1.82) is 0 Å². The van der Waals surface area contributed by atoms with E-state index >= 15 is 0 Å². The number of hydrogen-bond acceptors (Lipinski definition) is 0. The Morgan fingerprint density at radius 3 is 2.61 bits per heavy atom. The smallest absolute Gasteiger partial charge is 0.0447 e. The lowest BCUT2D eigenvalue weighted by atomic mass is 10.0. The van der Waals surface area contributed by atoms with Gasteiger partial charge in [0.25, 0.3) is 0 Å². The quantitative estimate of drug-likeness (QED) is 0.339. The molecule has 0 aliphatic heterocycles. The van der Waals surface area contributed by atoms with Crippen molar-refractivity contribution in [3.63, 3.8) is 0 Å². The van der Waals surface area contributed by atoms with Crippen LogP contribution in [0.5, 0.6) is 0 Å². The van der Waals surface area contributed by atoms with E-state index in [9.17, 15) is 0 Å². The zero-order chi connectivity index (χ0) is 13.1. The lowest BCUT2D eigenvalue weighted by molar-refractivity contribution is 0.942. The molecule has 94 valence electrons. The molecule has 18 heavy (non-hydrogen) atoms. The first-order valence-corrected chi connectivity index (χ1v) is 8.57. The van der Waals surface area contributed by atoms with Crippen LogP contribution in [0, 0.1) is 3.57 Å². The third-order valence-corrected chi connectivity index (χ3v) is 5.23. The van der Waals surface area contributed by atoms with E-state index < -0.39 is 0 Å². The van der Waals surface area contributed by atoms with E-state index in [2.05, 4.69) is 78.7 Å². The molecule has 0 aromatic heterocycles. The number of rotatable bonds is 3. The first kappa shape index (κ1) is 14.8. The predicted octanol–water partition coefficient (Wildman–Crippen LogP) is 6.39. The molecular weight excluding hydrogens is 490 g/mol. The van der Waals surface area contributed by atoms with Crippen molar-refractivity contribution in [2.24, 2.45) is 0 Å². The highest BCUT2D eigenvalue weighted by Gasteiger charge is 2.13. The molecule has 0 bridgehead atoms. The molecule has 0 heterocycles. The van der Waals surface area contributed by atoms with Gasteiger partial charge in [-0.3, -0.25) is 0 Å². The second-order valence-corrected chi connectivity index (χ2v) is 7.54. The Morgan fingerprint density at radius 1 is 1.17 bits per heavy atom. The summed E-state index contributed by atoms with van der Waals surface area (Å²) in [5.41, 5.74) is 2.41. The Balaban J connectivity index is 2.25. The second kappa shape index (κ2) is 6.73. The maximum absolute atomic E-state index is 6.19. The molecule has 0 amide bonds. The zero-order valence-corrected chi connectivity index (χ0v) is 15.4. The van der Waals surface area contributed by atoms with E-state index in [1.165, 1.54) is 9.13 Å². The normalized spacial score (nSPS) is 12.4. The van der Waals surface area contributed by atoms with Crippen molar-refractivity contribution in [3.05, 3.63) is 66.7 Å². The lowest BCUT2D eigenvalue weighted by Crippen LogP contribution is -1.97. The van der Waals surface area contributed by atoms with Crippen LogP contribution in [-0.4, -0.2) is 0 Å². The van der Waals surface area contributed by atoms with E-state index in [0.717, 1.165) is 21.5 Å². The van der Waals surface area contributed by atoms with Gasteiger partial charge in [0.2, 0.25) is 0 Å². The zero-order valence-electron chi connectivity index (χ0n) is 9.34. The minimum absolute atomic E-state index is 0.251. The summed E-state index contributed by atoms with van der Waals surface area (Å²) in [5, 5.41) is 0.823. The van der Waals surface area contributed by atoms with Crippen LogP contribution in [0.1, 0.15) is 16.0 Å². The minimum atomic E-state index is 0.251. The van der Waals surface area contributed by atoms with Gasteiger partial charge in [-0.15, -0.1) is 0 Å². The molecule has 2 aromatic carbocycles. The monoisotopic (exact) mass is 498 g/mol. The first-order chi connectivity index (χ1) is 8.58. The standard InChI is InChI=1S/C14H10Br2ClI/c15-12-6-5-10(18)8-11(12)13(16)7-9-3-1-2-4-14(9)17/h1-6,8,13H,7H2. The first-order valence-electron chi connectivity index (χ1n) is 5.40. The van der Waals surface area contributed by atoms with Crippen LogP contribution in [-0.2, 0) is 6.42 Å². The topological polar surface area (TPSA) is 0 Å². The highest BCUT2D eigenvalue weighted by atomic mass is 127. The fourth-order valence-corrected chi connectivity index (χ4v) is 4.01. The Hall–Kier alpha value is 0.420. The van der Waals surface area contributed by atoms with E-state index in [0.29, 0.717) is 0 Å². The van der Waals surface area contributed by atoms with Crippen LogP contribution in [0.4, 0.5) is 0 Å². The number of hydrogen-bond donors (Lipinski definition) is 0. The van der Waals surface area contributed by atoms with Gasteiger partial charge in [-0.2, -0.15) is 0 Å². The van der Waals surface area contributed by atoms with Crippen molar-refractivity contribution in [2.75, 3.05) is 0 Å². The Kier molecular flexibility index (Phi) is 5.54. The highest BCUT2D eigenvalue weighted by Crippen LogP contribution is 2.34. The molecule has 0 aliphatic rings. The average Bonchev–Trinajstić information content (AvgIpc) is 2.35. The largest absolute Gasteiger partial charge is 0.0840 e. The Bertz CT molecular complexity index is 557. The van der Waals surface area contributed by atoms with Crippen molar-refractivity contribution in [3.8, 4) is 0 Å². The van der Waals surface area contributed by atoms with Crippen molar-refractivity contribution >= 4 is 66.1 Å². The van der Waals surface area contributed by atoms with Crippen LogP contribution in [0.3, 0.4) is 0 Å². The number of alkyl halides is 1. The van der Waals surface area contributed by atoms with Crippen molar-refractivity contribution < 1.29 is 0 Å². The van der Waals surface area contributed by atoms with E-state index in [1.54, 1.807) is 0 Å². The molecule has 0 radical (unpaired) electrons. The average molecular weight is 500 g/mol. The molecule has 2 aromatic rings. The van der Waals surface area contributed by atoms with E-state index in [4.69, 9.17) is 11.6 Å². The van der Waals surface area contributed by atoms with Gasteiger partial charge in [-0.25, -0.2) is 0 Å². The lowest BCUT2D eigenvalue weighted by Gasteiger charge is -2.13. The molecule has 1 unspecified atom stereocenters. The summed E-state index contributed by atoms with van der Waals surface area (Å²) < 4.78 is 2.35. The third-order valence-electron chi connectivity index (χ3n) is 2.65. The molecule has 2 rings (SSSR count). The summed E-state index contributed by atoms with van der Waals surface area (Å²) in [6.07, 6.45) is 0.873. The van der Waals surface area contributed by atoms with E-state index in [-0.39, 0.29) is 4.83 Å². The SMILES string of the molecule is Clc1ccccc1CC(Br)c1cc(I)ccc1Br. The summed E-state index contributed by atoms with van der Waals surface area (Å²) in [7, 11) is 0. The summed E-state index contributed by atoms with van der Waals surface area (Å²) in [6.45, 7) is 0. The van der Waals surface area contributed by atoms with Crippen molar-refractivity contribution in [2.45, 2.75) is 11.2 Å². The van der Waals surface area contributed by atoms with Gasteiger partial charge in [-0.05, 0) is 64.4 Å². The predicted molar refractivity (Wildman–Crippen MR) is 93.7 cm³/mol. The van der Waals surface area contributed by atoms with Gasteiger partial charge in [0, 0.05) is 17.9 Å². The highest BCUT2D eigenvalue weighted by molar-refractivity contribution is 14.1. The Labute approximate surface area is 143 Å². The van der Waals surface area contributed by atoms with Crippen molar-refractivity contribution in [1.82, 2.24) is 0 Å². The van der Waals surface area contributed by atoms with Gasteiger partial charge < -0.3 is 0 Å². The van der Waals surface area contributed by atoms with Crippen LogP contribution in [0.25, 0.3) is 0 Å². The molecule has 0 saturated carbocycles. The molecule has 0 aliphatic carbocycles. The maximum Gasteiger partial charge on any atom is 0.0447 e. The molecule has 0 spiro atoms. The number of benzene rings is 2. The second-order valence-electron chi connectivity index (χ2n) is 3.93. The minimum Gasteiger partial charge on any atom is -0.0840 e. The van der Waals surface area contributed by atoms with Gasteiger partial charge in [0.1, 0.15) is 0 Å². The molecule has 4 heteroatoms. The molecule has 0 nitrogen and oxygen atoms in total. The summed E-state index contributed by atoms with van der Waals surface area (Å²) >= 11 is 15.9. The third kappa shape index (κ3) is 3.71. The van der Waals surface area contributed by atoms with Crippen LogP contribution < -0.4 is 0 Å². The van der Waals surface area contributed by atoms with Gasteiger partial charge in [0.05, 0.1) is 0 Å². The molecular formula is C14H10Br2ClI. The fourth-order valence-electron chi connectivity index (χ4n) is 1.72.